The summed E-state index contributed by atoms with van der Waals surface area (Å²) in [6.45, 7) is 18.5. The van der Waals surface area contributed by atoms with Crippen LogP contribution in [0.5, 0.6) is 0 Å². The molecule has 0 amide bonds. The van der Waals surface area contributed by atoms with Crippen molar-refractivity contribution in [3.8, 4) is 0 Å². The summed E-state index contributed by atoms with van der Waals surface area (Å²) in [6.07, 6.45) is -6.83. The normalized spacial score (nSPS) is 51.8. The van der Waals surface area contributed by atoms with Gasteiger partial charge in [-0.2, -0.15) is 0 Å². The number of aliphatic hydroxyl groups is 4. The second-order valence-electron chi connectivity index (χ2n) is 17.1. The van der Waals surface area contributed by atoms with Crippen LogP contribution < -0.4 is 0 Å². The predicted molar refractivity (Wildman–Crippen MR) is 189 cm³/mol. The number of likely N-dealkylation sites (N-methyl/N-ethyl adjacent to an activating group) is 1. The number of carbonyl (C=O) groups excluding carboxylic acids is 1. The van der Waals surface area contributed by atoms with Gasteiger partial charge in [0.2, 0.25) is 0 Å². The highest BCUT2D eigenvalue weighted by molar-refractivity contribution is 5.73. The van der Waals surface area contributed by atoms with Crippen LogP contribution in [0.25, 0.3) is 0 Å². The van der Waals surface area contributed by atoms with Gasteiger partial charge in [-0.05, 0) is 80.8 Å². The zero-order valence-corrected chi connectivity index (χ0v) is 33.3. The Morgan fingerprint density at radius 3 is 2.16 bits per heavy atom. The van der Waals surface area contributed by atoms with Crippen LogP contribution in [-0.2, 0) is 38.0 Å². The van der Waals surface area contributed by atoms with Crippen LogP contribution in [0.1, 0.15) is 101 Å². The molecule has 4 rings (SSSR count). The van der Waals surface area contributed by atoms with Crippen molar-refractivity contribution >= 4 is 5.97 Å². The van der Waals surface area contributed by atoms with E-state index in [0.717, 1.165) is 0 Å². The number of ether oxygens (including phenoxy) is 7. The van der Waals surface area contributed by atoms with E-state index in [1.54, 1.807) is 20.8 Å². The van der Waals surface area contributed by atoms with Crippen LogP contribution in [0.15, 0.2) is 0 Å². The molecular weight excluding hydrogens is 662 g/mol. The second-order valence-corrected chi connectivity index (χ2v) is 17.1. The Bertz CT molecular complexity index is 1160. The fourth-order valence-corrected chi connectivity index (χ4v) is 9.32. The Morgan fingerprint density at radius 2 is 1.57 bits per heavy atom. The Kier molecular flexibility index (Phi) is 13.8. The minimum atomic E-state index is -1.78. The third-order valence-corrected chi connectivity index (χ3v) is 12.6. The smallest absolute Gasteiger partial charge is 0.311 e. The first-order valence-electron chi connectivity index (χ1n) is 19.1. The Hall–Kier alpha value is -0.970. The molecule has 298 valence electrons. The number of rotatable bonds is 8. The average molecular weight is 732 g/mol. The van der Waals surface area contributed by atoms with Gasteiger partial charge in [0, 0.05) is 31.4 Å². The van der Waals surface area contributed by atoms with Crippen LogP contribution in [0.3, 0.4) is 0 Å². The Morgan fingerprint density at radius 1 is 0.922 bits per heavy atom. The van der Waals surface area contributed by atoms with Gasteiger partial charge in [0.05, 0.1) is 53.7 Å². The molecule has 4 aliphatic rings. The van der Waals surface area contributed by atoms with E-state index in [1.807, 2.05) is 53.6 Å². The van der Waals surface area contributed by atoms with Gasteiger partial charge >= 0.3 is 5.97 Å². The Labute approximate surface area is 305 Å². The van der Waals surface area contributed by atoms with E-state index >= 15 is 0 Å². The molecule has 0 radical (unpaired) electrons. The van der Waals surface area contributed by atoms with Crippen LogP contribution in [0.4, 0.5) is 0 Å². The van der Waals surface area contributed by atoms with Crippen molar-refractivity contribution in [1.29, 1.82) is 0 Å². The van der Waals surface area contributed by atoms with Crippen molar-refractivity contribution in [2.24, 2.45) is 23.7 Å². The van der Waals surface area contributed by atoms with E-state index in [0.29, 0.717) is 25.7 Å². The Balaban J connectivity index is 1.84. The molecule has 0 aromatic rings. The van der Waals surface area contributed by atoms with Crippen molar-refractivity contribution in [2.45, 2.75) is 192 Å². The van der Waals surface area contributed by atoms with Crippen LogP contribution >= 0.6 is 0 Å². The summed E-state index contributed by atoms with van der Waals surface area (Å²) in [5.74, 6) is -2.71. The third-order valence-electron chi connectivity index (χ3n) is 12.6. The molecule has 4 heterocycles. The van der Waals surface area contributed by atoms with E-state index < -0.39 is 102 Å². The summed E-state index contributed by atoms with van der Waals surface area (Å²) < 4.78 is 45.0. The molecule has 4 saturated heterocycles. The van der Waals surface area contributed by atoms with Crippen molar-refractivity contribution in [3.05, 3.63) is 0 Å². The zero-order valence-electron chi connectivity index (χ0n) is 33.3. The van der Waals surface area contributed by atoms with E-state index in [2.05, 4.69) is 6.92 Å². The standard InChI is InChI=1S/C38H69NO12/c1-14-15-26-38(10,44)31(41)21(4)29-19(2)17-37(9,51-29)33(50-35-28(40)25(39(11)12)16-20(3)46-35)22(5)30(23(6)34(43)48-26)49-27-18-36(8,45-13)32(42)24(7)47-27/h19-33,35,40-42,44H,14-18H2,1-13H3/t19?,20-,21+,22+,23-,24+,25+,26?,27?,28-,29?,30+,31-,32?,33-,35?,36-,37-,38-/m1/s1. The topological polar surface area (TPSA) is 166 Å². The van der Waals surface area contributed by atoms with Gasteiger partial charge in [0.1, 0.15) is 23.9 Å². The first-order valence-corrected chi connectivity index (χ1v) is 19.1. The van der Waals surface area contributed by atoms with Gasteiger partial charge in [-0.3, -0.25) is 4.79 Å². The summed E-state index contributed by atoms with van der Waals surface area (Å²) >= 11 is 0. The number of nitrogens with zero attached hydrogens (tertiary/aromatic N) is 1. The molecule has 51 heavy (non-hydrogen) atoms. The molecule has 0 aliphatic carbocycles. The molecule has 0 saturated carbocycles. The summed E-state index contributed by atoms with van der Waals surface area (Å²) in [5, 5.41) is 46.2. The maximum atomic E-state index is 14.2. The van der Waals surface area contributed by atoms with Gasteiger partial charge < -0.3 is 58.5 Å². The van der Waals surface area contributed by atoms with Crippen molar-refractivity contribution in [2.75, 3.05) is 21.2 Å². The van der Waals surface area contributed by atoms with E-state index in [-0.39, 0.29) is 24.5 Å². The van der Waals surface area contributed by atoms with Crippen molar-refractivity contribution < 1.29 is 58.4 Å². The highest BCUT2D eigenvalue weighted by Gasteiger charge is 2.58. The lowest BCUT2D eigenvalue weighted by Crippen LogP contribution is -2.60. The summed E-state index contributed by atoms with van der Waals surface area (Å²) in [6, 6.07) is -0.225. The largest absolute Gasteiger partial charge is 0.459 e. The molecule has 13 heteroatoms. The molecule has 19 atom stereocenters. The molecule has 0 aromatic heterocycles. The summed E-state index contributed by atoms with van der Waals surface area (Å²) in [4.78, 5) is 16.2. The van der Waals surface area contributed by atoms with Crippen molar-refractivity contribution in [1.82, 2.24) is 4.90 Å². The number of methoxy groups -OCH3 is 1. The SMILES string of the molecule is CCCC1OC(=O)[C@H](C)[C@@H](OC2C[C@@](C)(OC)C(O)[C@H](C)O2)[C@H](C)[C@@H](OC2O[C@H](C)C[C@H](N(C)C)[C@H]2O)[C@@]2(C)CC(C)C(O2)[C@H](C)[C@@H](O)[C@]1(C)O. The quantitative estimate of drug-likeness (QED) is 0.270. The molecule has 4 aliphatic heterocycles. The van der Waals surface area contributed by atoms with Crippen molar-refractivity contribution in [3.63, 3.8) is 0 Å². The maximum Gasteiger partial charge on any atom is 0.311 e. The number of esters is 1. The summed E-state index contributed by atoms with van der Waals surface area (Å²) in [5.41, 5.74) is -3.76. The minimum Gasteiger partial charge on any atom is -0.459 e. The minimum absolute atomic E-state index is 0.0577. The number of cyclic esters (lactones) is 1. The predicted octanol–water partition coefficient (Wildman–Crippen LogP) is 3.01. The highest BCUT2D eigenvalue weighted by atomic mass is 16.7. The van der Waals surface area contributed by atoms with Crippen LogP contribution in [-0.4, -0.2) is 143 Å². The molecule has 0 spiro atoms. The lowest BCUT2D eigenvalue weighted by molar-refractivity contribution is -0.318. The van der Waals surface area contributed by atoms with Crippen LogP contribution in [0.2, 0.25) is 0 Å². The monoisotopic (exact) mass is 731 g/mol. The molecular formula is C38H69NO12. The molecule has 4 N–H and O–H groups in total. The lowest BCUT2D eigenvalue weighted by Gasteiger charge is -2.48. The van der Waals surface area contributed by atoms with Gasteiger partial charge in [-0.1, -0.05) is 34.1 Å². The number of fused-ring (bicyclic) bond motifs is 2. The summed E-state index contributed by atoms with van der Waals surface area (Å²) in [7, 11) is 5.36. The number of hydrogen-bond donors (Lipinski definition) is 4. The molecule has 4 fully saturated rings. The zero-order chi connectivity index (χ0) is 38.4. The number of carbonyl (C=O) groups is 1. The number of hydrogen-bond acceptors (Lipinski definition) is 13. The first-order chi connectivity index (χ1) is 23.6. The molecule has 6 unspecified atom stereocenters. The first kappa shape index (κ1) is 42.8. The van der Waals surface area contributed by atoms with Gasteiger partial charge in [-0.15, -0.1) is 0 Å². The third kappa shape index (κ3) is 8.64. The molecule has 2 bridgehead atoms. The molecule has 0 aromatic carbocycles. The van der Waals surface area contributed by atoms with Gasteiger partial charge in [0.25, 0.3) is 0 Å². The van der Waals surface area contributed by atoms with Gasteiger partial charge in [0.15, 0.2) is 12.6 Å². The lowest BCUT2D eigenvalue weighted by atomic mass is 9.76. The number of aliphatic hydroxyl groups excluding tert-OH is 3. The van der Waals surface area contributed by atoms with E-state index in [4.69, 9.17) is 33.2 Å². The second kappa shape index (κ2) is 16.4. The molecule has 13 nitrogen and oxygen atoms in total. The van der Waals surface area contributed by atoms with Crippen LogP contribution in [0, 0.1) is 23.7 Å². The highest BCUT2D eigenvalue weighted by Crippen LogP contribution is 2.48. The maximum absolute atomic E-state index is 14.2. The fraction of sp³-hybridized carbons (Fsp3) is 0.974. The fourth-order valence-electron chi connectivity index (χ4n) is 9.32. The van der Waals surface area contributed by atoms with Gasteiger partial charge in [-0.25, -0.2) is 0 Å². The van der Waals surface area contributed by atoms with E-state index in [9.17, 15) is 25.2 Å². The van der Waals surface area contributed by atoms with E-state index in [1.165, 1.54) is 14.0 Å². The average Bonchev–Trinajstić information content (AvgIpc) is 3.38.